The lowest BCUT2D eigenvalue weighted by molar-refractivity contribution is 0.0450. The van der Waals surface area contributed by atoms with E-state index in [0.29, 0.717) is 18.1 Å². The number of para-hydroxylation sites is 1. The molecule has 0 spiro atoms. The number of carbonyl (C=O) groups excluding carboxylic acids is 1. The molecule has 3 aromatic carbocycles. The summed E-state index contributed by atoms with van der Waals surface area (Å²) in [7, 11) is -4.01. The van der Waals surface area contributed by atoms with E-state index in [1.54, 1.807) is 12.1 Å². The zero-order valence-corrected chi connectivity index (χ0v) is 17.7. The molecule has 0 aliphatic heterocycles. The van der Waals surface area contributed by atoms with Crippen molar-refractivity contribution in [3.05, 3.63) is 84.4 Å². The Hall–Kier alpha value is -3.52. The van der Waals surface area contributed by atoms with E-state index in [1.165, 1.54) is 36.4 Å². The summed E-state index contributed by atoms with van der Waals surface area (Å²) in [6.07, 6.45) is 0. The fourth-order valence-electron chi connectivity index (χ4n) is 2.58. The van der Waals surface area contributed by atoms with Gasteiger partial charge in [-0.25, -0.2) is 4.79 Å². The van der Waals surface area contributed by atoms with Crippen molar-refractivity contribution >= 4 is 16.1 Å². The van der Waals surface area contributed by atoms with E-state index in [4.69, 9.17) is 18.4 Å². The van der Waals surface area contributed by atoms with Gasteiger partial charge >= 0.3 is 16.1 Å². The second kappa shape index (κ2) is 10.5. The van der Waals surface area contributed by atoms with E-state index in [-0.39, 0.29) is 29.4 Å². The van der Waals surface area contributed by atoms with Crippen molar-refractivity contribution in [1.82, 2.24) is 0 Å². The Morgan fingerprint density at radius 1 is 0.742 bits per heavy atom. The van der Waals surface area contributed by atoms with Crippen LogP contribution in [0.3, 0.4) is 0 Å². The third kappa shape index (κ3) is 6.48. The van der Waals surface area contributed by atoms with Crippen LogP contribution < -0.4 is 13.7 Å². The number of esters is 1. The van der Waals surface area contributed by atoms with Crippen molar-refractivity contribution in [2.75, 3.05) is 19.8 Å². The van der Waals surface area contributed by atoms with Crippen LogP contribution in [0.15, 0.2) is 83.8 Å². The van der Waals surface area contributed by atoms with Crippen LogP contribution in [-0.4, -0.2) is 34.2 Å². The summed E-state index contributed by atoms with van der Waals surface area (Å²) in [4.78, 5) is 12.1. The smallest absolute Gasteiger partial charge is 0.339 e. The minimum Gasteiger partial charge on any atom is -0.494 e. The topological polar surface area (TPSA) is 88.1 Å². The van der Waals surface area contributed by atoms with Crippen LogP contribution in [0, 0.1) is 0 Å². The first-order valence-electron chi connectivity index (χ1n) is 9.60. The molecule has 0 atom stereocenters. The van der Waals surface area contributed by atoms with Crippen molar-refractivity contribution < 1.29 is 31.6 Å². The molecular weight excluding hydrogens is 420 g/mol. The van der Waals surface area contributed by atoms with Gasteiger partial charge in [0.15, 0.2) is 0 Å². The molecule has 31 heavy (non-hydrogen) atoms. The molecule has 0 aliphatic rings. The van der Waals surface area contributed by atoms with Gasteiger partial charge in [0.05, 0.1) is 12.2 Å². The van der Waals surface area contributed by atoms with E-state index >= 15 is 0 Å². The predicted octanol–water partition coefficient (Wildman–Crippen LogP) is 4.09. The highest BCUT2D eigenvalue weighted by Gasteiger charge is 2.17. The third-order valence-electron chi connectivity index (χ3n) is 4.05. The highest BCUT2D eigenvalue weighted by molar-refractivity contribution is 7.87. The second-order valence-electron chi connectivity index (χ2n) is 6.26. The molecule has 0 aliphatic carbocycles. The van der Waals surface area contributed by atoms with Crippen LogP contribution in [0.25, 0.3) is 0 Å². The van der Waals surface area contributed by atoms with Gasteiger partial charge in [-0.05, 0) is 67.6 Å². The van der Waals surface area contributed by atoms with Crippen molar-refractivity contribution in [1.29, 1.82) is 0 Å². The lowest BCUT2D eigenvalue weighted by Gasteiger charge is -2.09. The van der Waals surface area contributed by atoms with Crippen LogP contribution in [0.5, 0.6) is 17.2 Å². The summed E-state index contributed by atoms with van der Waals surface area (Å²) in [5, 5.41) is 0. The summed E-state index contributed by atoms with van der Waals surface area (Å²) in [5.74, 6) is 0.794. The van der Waals surface area contributed by atoms with Gasteiger partial charge in [-0.3, -0.25) is 0 Å². The molecule has 0 saturated heterocycles. The molecule has 0 heterocycles. The zero-order valence-electron chi connectivity index (χ0n) is 16.9. The molecule has 7 nitrogen and oxygen atoms in total. The Labute approximate surface area is 181 Å². The maximum Gasteiger partial charge on any atom is 0.339 e. The highest BCUT2D eigenvalue weighted by atomic mass is 32.2. The maximum absolute atomic E-state index is 12.4. The Morgan fingerprint density at radius 2 is 1.35 bits per heavy atom. The van der Waals surface area contributed by atoms with Gasteiger partial charge in [0.25, 0.3) is 0 Å². The van der Waals surface area contributed by atoms with Crippen LogP contribution in [0.1, 0.15) is 17.3 Å². The summed E-state index contributed by atoms with van der Waals surface area (Å²) in [6.45, 7) is 2.62. The monoisotopic (exact) mass is 442 g/mol. The molecule has 0 fully saturated rings. The van der Waals surface area contributed by atoms with Gasteiger partial charge in [-0.1, -0.05) is 18.2 Å². The van der Waals surface area contributed by atoms with Gasteiger partial charge in [-0.15, -0.1) is 0 Å². The highest BCUT2D eigenvalue weighted by Crippen LogP contribution is 2.21. The fourth-order valence-corrected chi connectivity index (χ4v) is 3.51. The summed E-state index contributed by atoms with van der Waals surface area (Å²) in [6, 6.07) is 20.8. The van der Waals surface area contributed by atoms with Gasteiger partial charge < -0.3 is 18.4 Å². The predicted molar refractivity (Wildman–Crippen MR) is 114 cm³/mol. The summed E-state index contributed by atoms with van der Waals surface area (Å²) in [5.41, 5.74) is 0.269. The van der Waals surface area contributed by atoms with E-state index in [2.05, 4.69) is 0 Å². The Bertz CT molecular complexity index is 1080. The number of hydrogen-bond donors (Lipinski definition) is 0. The minimum atomic E-state index is -4.01. The lowest BCUT2D eigenvalue weighted by atomic mass is 10.2. The quantitative estimate of drug-likeness (QED) is 0.265. The first-order chi connectivity index (χ1) is 15.0. The van der Waals surface area contributed by atoms with Crippen molar-refractivity contribution in [3.63, 3.8) is 0 Å². The average Bonchev–Trinajstić information content (AvgIpc) is 2.78. The maximum atomic E-state index is 12.4. The molecule has 0 bridgehead atoms. The van der Waals surface area contributed by atoms with Gasteiger partial charge in [0.2, 0.25) is 0 Å². The standard InChI is InChI=1S/C23H22O7S/c1-2-27-20-12-14-22(15-13-20)31(25,26)30-21-10-8-18(9-11-21)23(24)29-17-16-28-19-6-4-3-5-7-19/h3-15H,2,16-17H2,1H3. The van der Waals surface area contributed by atoms with E-state index in [0.717, 1.165) is 0 Å². The first kappa shape index (κ1) is 22.2. The van der Waals surface area contributed by atoms with Gasteiger partial charge in [0, 0.05) is 0 Å². The molecule has 0 N–H and O–H groups in total. The second-order valence-corrected chi connectivity index (χ2v) is 7.81. The third-order valence-corrected chi connectivity index (χ3v) is 5.31. The molecule has 0 amide bonds. The normalized spacial score (nSPS) is 10.9. The molecule has 162 valence electrons. The van der Waals surface area contributed by atoms with Crippen molar-refractivity contribution in [2.45, 2.75) is 11.8 Å². The van der Waals surface area contributed by atoms with E-state index in [9.17, 15) is 13.2 Å². The molecule has 3 rings (SSSR count). The number of benzene rings is 3. The Kier molecular flexibility index (Phi) is 7.50. The Balaban J connectivity index is 1.52. The molecule has 0 radical (unpaired) electrons. The van der Waals surface area contributed by atoms with Gasteiger partial charge in [0.1, 0.15) is 35.4 Å². The molecule has 3 aromatic rings. The molecule has 0 aromatic heterocycles. The largest absolute Gasteiger partial charge is 0.494 e. The van der Waals surface area contributed by atoms with E-state index in [1.807, 2.05) is 37.3 Å². The van der Waals surface area contributed by atoms with Crippen LogP contribution in [0.4, 0.5) is 0 Å². The minimum absolute atomic E-state index is 0.00199. The van der Waals surface area contributed by atoms with Crippen LogP contribution >= 0.6 is 0 Å². The molecular formula is C23H22O7S. The van der Waals surface area contributed by atoms with Crippen LogP contribution in [0.2, 0.25) is 0 Å². The van der Waals surface area contributed by atoms with Crippen molar-refractivity contribution in [3.8, 4) is 17.2 Å². The number of ether oxygens (including phenoxy) is 3. The molecule has 8 heteroatoms. The lowest BCUT2D eigenvalue weighted by Crippen LogP contribution is -2.13. The fraction of sp³-hybridized carbons (Fsp3) is 0.174. The number of carbonyl (C=O) groups is 1. The summed E-state index contributed by atoms with van der Waals surface area (Å²) < 4.78 is 45.9. The first-order valence-corrected chi connectivity index (χ1v) is 11.0. The SMILES string of the molecule is CCOc1ccc(S(=O)(=O)Oc2ccc(C(=O)OCCOc3ccccc3)cc2)cc1. The molecule has 0 unspecified atom stereocenters. The number of rotatable bonds is 10. The summed E-state index contributed by atoms with van der Waals surface area (Å²) >= 11 is 0. The van der Waals surface area contributed by atoms with Gasteiger partial charge in [-0.2, -0.15) is 8.42 Å². The van der Waals surface area contributed by atoms with E-state index < -0.39 is 16.1 Å². The molecule has 0 saturated carbocycles. The number of hydrogen-bond acceptors (Lipinski definition) is 7. The van der Waals surface area contributed by atoms with Crippen LogP contribution in [-0.2, 0) is 14.9 Å². The zero-order chi connectivity index (χ0) is 22.1. The average molecular weight is 442 g/mol. The van der Waals surface area contributed by atoms with Crippen molar-refractivity contribution in [2.24, 2.45) is 0 Å². The Morgan fingerprint density at radius 3 is 2.00 bits per heavy atom.